The van der Waals surface area contributed by atoms with Gasteiger partial charge in [-0.05, 0) is 23.1 Å². The van der Waals surface area contributed by atoms with Crippen molar-refractivity contribution in [2.75, 3.05) is 40.5 Å². The molecule has 32 heavy (non-hydrogen) atoms. The van der Waals surface area contributed by atoms with Crippen molar-refractivity contribution in [1.29, 1.82) is 0 Å². The molecule has 0 amide bonds. The summed E-state index contributed by atoms with van der Waals surface area (Å²) in [6.07, 6.45) is 0. The summed E-state index contributed by atoms with van der Waals surface area (Å²) < 4.78 is 18.1. The Bertz CT molecular complexity index is 1130. The molecular formula is C25H31N3O4. The van der Waals surface area contributed by atoms with Crippen LogP contribution in [0.2, 0.25) is 0 Å². The van der Waals surface area contributed by atoms with Gasteiger partial charge < -0.3 is 14.2 Å². The van der Waals surface area contributed by atoms with Gasteiger partial charge in [-0.2, -0.15) is 0 Å². The SMILES string of the molecule is COc1cc2nc(CN3CCOCC3)n(Cc3ccc(C(C)C)cc3)c(=O)c2cc1OC. The Morgan fingerprint density at radius 1 is 1.00 bits per heavy atom. The van der Waals surface area contributed by atoms with E-state index >= 15 is 0 Å². The number of aromatic nitrogens is 2. The van der Waals surface area contributed by atoms with Gasteiger partial charge in [-0.3, -0.25) is 14.3 Å². The third-order valence-electron chi connectivity index (χ3n) is 5.99. The topological polar surface area (TPSA) is 65.8 Å². The molecular weight excluding hydrogens is 406 g/mol. The largest absolute Gasteiger partial charge is 0.493 e. The van der Waals surface area contributed by atoms with E-state index in [4.69, 9.17) is 19.2 Å². The maximum Gasteiger partial charge on any atom is 0.261 e. The second-order valence-corrected chi connectivity index (χ2v) is 8.43. The smallest absolute Gasteiger partial charge is 0.261 e. The van der Waals surface area contributed by atoms with Gasteiger partial charge in [0.15, 0.2) is 11.5 Å². The summed E-state index contributed by atoms with van der Waals surface area (Å²) in [7, 11) is 3.15. The molecule has 0 radical (unpaired) electrons. The van der Waals surface area contributed by atoms with Gasteiger partial charge in [0.25, 0.3) is 5.56 Å². The van der Waals surface area contributed by atoms with Crippen LogP contribution in [-0.4, -0.2) is 55.0 Å². The van der Waals surface area contributed by atoms with Crippen molar-refractivity contribution < 1.29 is 14.2 Å². The summed E-state index contributed by atoms with van der Waals surface area (Å²) in [6, 6.07) is 12.0. The van der Waals surface area contributed by atoms with Crippen molar-refractivity contribution in [3.05, 3.63) is 63.7 Å². The summed E-state index contributed by atoms with van der Waals surface area (Å²) in [4.78, 5) is 20.8. The van der Waals surface area contributed by atoms with Crippen LogP contribution in [-0.2, 0) is 17.8 Å². The number of rotatable bonds is 7. The highest BCUT2D eigenvalue weighted by atomic mass is 16.5. The van der Waals surface area contributed by atoms with E-state index < -0.39 is 0 Å². The standard InChI is InChI=1S/C25H31N3O4/c1-17(2)19-7-5-18(6-8-19)15-28-24(16-27-9-11-32-12-10-27)26-21-14-23(31-4)22(30-3)13-20(21)25(28)29/h5-8,13-14,17H,9-12,15-16H2,1-4H3. The number of fused-ring (bicyclic) bond motifs is 1. The quantitative estimate of drug-likeness (QED) is 0.564. The third kappa shape index (κ3) is 4.64. The summed E-state index contributed by atoms with van der Waals surface area (Å²) >= 11 is 0. The molecule has 0 spiro atoms. The van der Waals surface area contributed by atoms with E-state index in [1.54, 1.807) is 30.9 Å². The summed E-state index contributed by atoms with van der Waals surface area (Å²) in [6.45, 7) is 8.44. The second-order valence-electron chi connectivity index (χ2n) is 8.43. The Hall–Kier alpha value is -2.90. The van der Waals surface area contributed by atoms with E-state index in [1.807, 2.05) is 0 Å². The second kappa shape index (κ2) is 9.71. The lowest BCUT2D eigenvalue weighted by atomic mass is 10.0. The van der Waals surface area contributed by atoms with E-state index in [0.29, 0.717) is 54.6 Å². The van der Waals surface area contributed by atoms with E-state index in [9.17, 15) is 4.79 Å². The van der Waals surface area contributed by atoms with Crippen molar-refractivity contribution in [2.45, 2.75) is 32.9 Å². The van der Waals surface area contributed by atoms with Crippen LogP contribution in [0.15, 0.2) is 41.2 Å². The molecule has 4 rings (SSSR count). The fourth-order valence-corrected chi connectivity index (χ4v) is 4.03. The lowest BCUT2D eigenvalue weighted by molar-refractivity contribution is 0.0325. The summed E-state index contributed by atoms with van der Waals surface area (Å²) in [5, 5.41) is 0.521. The Kier molecular flexibility index (Phi) is 6.77. The molecule has 0 saturated carbocycles. The molecule has 1 saturated heterocycles. The zero-order chi connectivity index (χ0) is 22.7. The highest BCUT2D eigenvalue weighted by Gasteiger charge is 2.19. The number of hydrogen-bond acceptors (Lipinski definition) is 6. The zero-order valence-electron chi connectivity index (χ0n) is 19.3. The predicted molar refractivity (Wildman–Crippen MR) is 125 cm³/mol. The number of hydrogen-bond donors (Lipinski definition) is 0. The van der Waals surface area contributed by atoms with Gasteiger partial charge in [0, 0.05) is 19.2 Å². The number of ether oxygens (including phenoxy) is 3. The molecule has 0 aliphatic carbocycles. The highest BCUT2D eigenvalue weighted by molar-refractivity contribution is 5.82. The maximum absolute atomic E-state index is 13.6. The average Bonchev–Trinajstić information content (AvgIpc) is 2.81. The van der Waals surface area contributed by atoms with Crippen LogP contribution in [0, 0.1) is 0 Å². The Labute approximate surface area is 188 Å². The first-order valence-corrected chi connectivity index (χ1v) is 11.0. The molecule has 7 nitrogen and oxygen atoms in total. The van der Waals surface area contributed by atoms with Crippen LogP contribution < -0.4 is 15.0 Å². The monoisotopic (exact) mass is 437 g/mol. The fraction of sp³-hybridized carbons (Fsp3) is 0.440. The minimum absolute atomic E-state index is 0.0767. The predicted octanol–water partition coefficient (Wildman–Crippen LogP) is 3.42. The number of morpholine rings is 1. The zero-order valence-corrected chi connectivity index (χ0v) is 19.3. The van der Waals surface area contributed by atoms with Gasteiger partial charge in [0.2, 0.25) is 0 Å². The lowest BCUT2D eigenvalue weighted by Crippen LogP contribution is -2.38. The Morgan fingerprint density at radius 2 is 1.66 bits per heavy atom. The minimum atomic E-state index is -0.0767. The molecule has 1 aliphatic rings. The molecule has 2 aromatic carbocycles. The molecule has 3 aromatic rings. The normalized spacial score (nSPS) is 14.8. The van der Waals surface area contributed by atoms with Crippen molar-refractivity contribution in [1.82, 2.24) is 14.5 Å². The molecule has 2 heterocycles. The molecule has 0 atom stereocenters. The Morgan fingerprint density at radius 3 is 2.28 bits per heavy atom. The molecule has 0 N–H and O–H groups in total. The highest BCUT2D eigenvalue weighted by Crippen LogP contribution is 2.30. The van der Waals surface area contributed by atoms with Crippen molar-refractivity contribution in [3.8, 4) is 11.5 Å². The third-order valence-corrected chi connectivity index (χ3v) is 5.99. The van der Waals surface area contributed by atoms with Crippen molar-refractivity contribution >= 4 is 10.9 Å². The van der Waals surface area contributed by atoms with Crippen LogP contribution in [0.1, 0.15) is 36.7 Å². The van der Waals surface area contributed by atoms with Crippen molar-refractivity contribution in [3.63, 3.8) is 0 Å². The van der Waals surface area contributed by atoms with Crippen LogP contribution in [0.4, 0.5) is 0 Å². The minimum Gasteiger partial charge on any atom is -0.493 e. The lowest BCUT2D eigenvalue weighted by Gasteiger charge is -2.27. The number of nitrogens with zero attached hydrogens (tertiary/aromatic N) is 3. The van der Waals surface area contributed by atoms with Crippen LogP contribution in [0.3, 0.4) is 0 Å². The first-order valence-electron chi connectivity index (χ1n) is 11.0. The summed E-state index contributed by atoms with van der Waals surface area (Å²) in [5.41, 5.74) is 2.89. The van der Waals surface area contributed by atoms with Gasteiger partial charge >= 0.3 is 0 Å². The van der Waals surface area contributed by atoms with Gasteiger partial charge in [0.1, 0.15) is 5.82 Å². The first-order chi connectivity index (χ1) is 15.5. The van der Waals surface area contributed by atoms with Crippen LogP contribution >= 0.6 is 0 Å². The molecule has 1 aliphatic heterocycles. The number of methoxy groups -OCH3 is 2. The molecule has 0 bridgehead atoms. The van der Waals surface area contributed by atoms with Crippen LogP contribution in [0.5, 0.6) is 11.5 Å². The van der Waals surface area contributed by atoms with E-state index in [2.05, 4.69) is 43.0 Å². The fourth-order valence-electron chi connectivity index (χ4n) is 4.03. The molecule has 0 unspecified atom stereocenters. The van der Waals surface area contributed by atoms with Gasteiger partial charge in [0.05, 0.1) is 51.4 Å². The molecule has 170 valence electrons. The van der Waals surface area contributed by atoms with E-state index in [-0.39, 0.29) is 5.56 Å². The molecule has 1 aromatic heterocycles. The van der Waals surface area contributed by atoms with Crippen molar-refractivity contribution in [2.24, 2.45) is 0 Å². The Balaban J connectivity index is 1.80. The van der Waals surface area contributed by atoms with Gasteiger partial charge in [-0.25, -0.2) is 4.98 Å². The van der Waals surface area contributed by atoms with Crippen LogP contribution in [0.25, 0.3) is 10.9 Å². The first kappa shape index (κ1) is 22.3. The average molecular weight is 438 g/mol. The summed E-state index contributed by atoms with van der Waals surface area (Å²) in [5.74, 6) is 2.29. The van der Waals surface area contributed by atoms with E-state index in [1.165, 1.54) is 5.56 Å². The van der Waals surface area contributed by atoms with Gasteiger partial charge in [-0.1, -0.05) is 38.1 Å². The molecule has 7 heteroatoms. The van der Waals surface area contributed by atoms with E-state index in [0.717, 1.165) is 24.5 Å². The number of benzene rings is 2. The van der Waals surface area contributed by atoms with Gasteiger partial charge in [-0.15, -0.1) is 0 Å². The molecule has 1 fully saturated rings. The maximum atomic E-state index is 13.6.